The van der Waals surface area contributed by atoms with Gasteiger partial charge in [0.25, 0.3) is 5.91 Å². The van der Waals surface area contributed by atoms with E-state index in [2.05, 4.69) is 0 Å². The Morgan fingerprint density at radius 1 is 1.00 bits per heavy atom. The third-order valence-electron chi connectivity index (χ3n) is 5.97. The van der Waals surface area contributed by atoms with Crippen molar-refractivity contribution in [3.8, 4) is 0 Å². The number of carbonyl (C=O) groups excluding carboxylic acids is 2. The normalized spacial score (nSPS) is 15.3. The van der Waals surface area contributed by atoms with Crippen molar-refractivity contribution in [2.75, 3.05) is 19.7 Å². The van der Waals surface area contributed by atoms with Crippen molar-refractivity contribution >= 4 is 33.5 Å². The quantitative estimate of drug-likeness (QED) is 0.485. The van der Waals surface area contributed by atoms with E-state index in [4.69, 9.17) is 16.3 Å². The zero-order valence-corrected chi connectivity index (χ0v) is 22.1. The molecular weight excluding hydrogens is 488 g/mol. The molecule has 1 saturated heterocycles. The number of amides is 1. The third-order valence-corrected chi connectivity index (χ3v) is 8.35. The van der Waals surface area contributed by atoms with Crippen LogP contribution in [0.2, 0.25) is 5.02 Å². The van der Waals surface area contributed by atoms with Crippen molar-refractivity contribution in [2.24, 2.45) is 0 Å². The highest BCUT2D eigenvalue weighted by Gasteiger charge is 2.30. The SMILES string of the molecule is CC(C)(C)N(Cc1ccccc1)C(=O)COC(=O)c1ccc(Cl)c(S(=O)(=O)N2CCCCCC2)c1. The van der Waals surface area contributed by atoms with Crippen LogP contribution in [0.15, 0.2) is 53.4 Å². The largest absolute Gasteiger partial charge is 0.452 e. The van der Waals surface area contributed by atoms with Crippen molar-refractivity contribution in [2.45, 2.75) is 63.4 Å². The summed E-state index contributed by atoms with van der Waals surface area (Å²) in [6.07, 6.45) is 3.54. The van der Waals surface area contributed by atoms with Gasteiger partial charge in [-0.05, 0) is 57.4 Å². The highest BCUT2D eigenvalue weighted by Crippen LogP contribution is 2.28. The van der Waals surface area contributed by atoms with Crippen LogP contribution in [-0.2, 0) is 26.1 Å². The van der Waals surface area contributed by atoms with E-state index in [0.717, 1.165) is 31.2 Å². The van der Waals surface area contributed by atoms with Crippen LogP contribution in [0.1, 0.15) is 62.4 Å². The Hall–Kier alpha value is -2.42. The summed E-state index contributed by atoms with van der Waals surface area (Å²) in [7, 11) is -3.85. The lowest BCUT2D eigenvalue weighted by Gasteiger charge is -2.35. The number of hydrogen-bond acceptors (Lipinski definition) is 5. The first-order valence-electron chi connectivity index (χ1n) is 11.8. The maximum Gasteiger partial charge on any atom is 0.338 e. The monoisotopic (exact) mass is 520 g/mol. The fraction of sp³-hybridized carbons (Fsp3) is 0.462. The summed E-state index contributed by atoms with van der Waals surface area (Å²) >= 11 is 6.22. The van der Waals surface area contributed by atoms with Crippen LogP contribution in [-0.4, -0.2) is 54.7 Å². The summed E-state index contributed by atoms with van der Waals surface area (Å²) < 4.78 is 33.1. The van der Waals surface area contributed by atoms with Crippen LogP contribution >= 0.6 is 11.6 Å². The van der Waals surface area contributed by atoms with Gasteiger partial charge in [-0.3, -0.25) is 4.79 Å². The van der Waals surface area contributed by atoms with Crippen LogP contribution in [0.25, 0.3) is 0 Å². The molecule has 0 bridgehead atoms. The molecule has 1 fully saturated rings. The molecule has 3 rings (SSSR count). The molecule has 0 spiro atoms. The predicted molar refractivity (Wildman–Crippen MR) is 136 cm³/mol. The summed E-state index contributed by atoms with van der Waals surface area (Å²) in [5, 5.41) is 0.0450. The van der Waals surface area contributed by atoms with Gasteiger partial charge in [0.1, 0.15) is 4.90 Å². The molecule has 0 unspecified atom stereocenters. The maximum absolute atomic E-state index is 13.2. The average molecular weight is 521 g/mol. The van der Waals surface area contributed by atoms with Gasteiger partial charge in [-0.15, -0.1) is 0 Å². The van der Waals surface area contributed by atoms with E-state index < -0.39 is 28.1 Å². The van der Waals surface area contributed by atoms with E-state index in [1.807, 2.05) is 51.1 Å². The molecule has 0 aromatic heterocycles. The minimum Gasteiger partial charge on any atom is -0.452 e. The van der Waals surface area contributed by atoms with Gasteiger partial charge in [0.2, 0.25) is 10.0 Å². The van der Waals surface area contributed by atoms with Crippen LogP contribution in [0.4, 0.5) is 0 Å². The summed E-state index contributed by atoms with van der Waals surface area (Å²) in [5.41, 5.74) is 0.498. The molecule has 1 amide bonds. The molecule has 2 aromatic rings. The second-order valence-electron chi connectivity index (χ2n) is 9.68. The molecule has 190 valence electrons. The van der Waals surface area contributed by atoms with Crippen LogP contribution in [0.5, 0.6) is 0 Å². The lowest BCUT2D eigenvalue weighted by molar-refractivity contribution is -0.140. The Kier molecular flexibility index (Phi) is 8.96. The topological polar surface area (TPSA) is 84.0 Å². The first kappa shape index (κ1) is 27.2. The van der Waals surface area contributed by atoms with Crippen molar-refractivity contribution in [3.05, 3.63) is 64.7 Å². The Balaban J connectivity index is 1.73. The predicted octanol–water partition coefficient (Wildman–Crippen LogP) is 4.89. The molecular formula is C26H33ClN2O5S. The fourth-order valence-electron chi connectivity index (χ4n) is 4.00. The second-order valence-corrected chi connectivity index (χ2v) is 12.0. The Morgan fingerprint density at radius 2 is 1.63 bits per heavy atom. The molecule has 0 saturated carbocycles. The molecule has 7 nitrogen and oxygen atoms in total. The van der Waals surface area contributed by atoms with Gasteiger partial charge in [0, 0.05) is 25.2 Å². The van der Waals surface area contributed by atoms with Gasteiger partial charge >= 0.3 is 5.97 Å². The highest BCUT2D eigenvalue weighted by molar-refractivity contribution is 7.89. The van der Waals surface area contributed by atoms with Gasteiger partial charge in [0.05, 0.1) is 10.6 Å². The van der Waals surface area contributed by atoms with E-state index in [1.165, 1.54) is 22.5 Å². The number of halogens is 1. The minimum atomic E-state index is -3.85. The molecule has 0 aliphatic carbocycles. The van der Waals surface area contributed by atoms with E-state index in [0.29, 0.717) is 19.6 Å². The molecule has 1 aliphatic heterocycles. The number of carbonyl (C=O) groups is 2. The minimum absolute atomic E-state index is 0.0287. The van der Waals surface area contributed by atoms with E-state index in [-0.39, 0.29) is 21.4 Å². The number of esters is 1. The van der Waals surface area contributed by atoms with E-state index in [9.17, 15) is 18.0 Å². The molecule has 2 aromatic carbocycles. The number of benzene rings is 2. The number of hydrogen-bond donors (Lipinski definition) is 0. The summed E-state index contributed by atoms with van der Waals surface area (Å²) in [4.78, 5) is 27.3. The molecule has 0 radical (unpaired) electrons. The standard InChI is InChI=1S/C26H33ClN2O5S/c1-26(2,3)29(18-20-11-7-6-8-12-20)24(30)19-34-25(31)21-13-14-22(27)23(17-21)35(32,33)28-15-9-4-5-10-16-28/h6-8,11-14,17H,4-5,9-10,15-16,18-19H2,1-3H3. The van der Waals surface area contributed by atoms with E-state index >= 15 is 0 Å². The summed E-state index contributed by atoms with van der Waals surface area (Å²) in [5.74, 6) is -1.13. The van der Waals surface area contributed by atoms with Crippen LogP contribution < -0.4 is 0 Å². The van der Waals surface area contributed by atoms with Gasteiger partial charge < -0.3 is 9.64 Å². The lowest BCUT2D eigenvalue weighted by atomic mass is 10.0. The first-order chi connectivity index (χ1) is 16.5. The molecule has 1 aliphatic rings. The van der Waals surface area contributed by atoms with Crippen molar-refractivity contribution < 1.29 is 22.7 Å². The Bertz CT molecular complexity index is 1140. The van der Waals surface area contributed by atoms with Crippen molar-refractivity contribution in [1.82, 2.24) is 9.21 Å². The Labute approximate surface area is 213 Å². The number of sulfonamides is 1. The molecule has 1 heterocycles. The van der Waals surface area contributed by atoms with Gasteiger partial charge in [-0.1, -0.05) is 54.8 Å². The molecule has 0 atom stereocenters. The summed E-state index contributed by atoms with van der Waals surface area (Å²) in [6.45, 7) is 6.50. The average Bonchev–Trinajstić information content (AvgIpc) is 3.11. The maximum atomic E-state index is 13.2. The van der Waals surface area contributed by atoms with Crippen LogP contribution in [0, 0.1) is 0 Å². The Morgan fingerprint density at radius 3 is 2.23 bits per heavy atom. The number of rotatable bonds is 7. The second kappa shape index (κ2) is 11.5. The summed E-state index contributed by atoms with van der Waals surface area (Å²) in [6, 6.07) is 13.6. The van der Waals surface area contributed by atoms with Gasteiger partial charge in [-0.25, -0.2) is 13.2 Å². The lowest BCUT2D eigenvalue weighted by Crippen LogP contribution is -2.46. The van der Waals surface area contributed by atoms with Crippen molar-refractivity contribution in [1.29, 1.82) is 0 Å². The van der Waals surface area contributed by atoms with Gasteiger partial charge in [-0.2, -0.15) is 4.31 Å². The smallest absolute Gasteiger partial charge is 0.338 e. The molecule has 9 heteroatoms. The van der Waals surface area contributed by atoms with Crippen LogP contribution in [0.3, 0.4) is 0 Å². The van der Waals surface area contributed by atoms with Gasteiger partial charge in [0.15, 0.2) is 6.61 Å². The number of nitrogens with zero attached hydrogens (tertiary/aromatic N) is 2. The zero-order chi connectivity index (χ0) is 25.6. The third kappa shape index (κ3) is 7.06. The van der Waals surface area contributed by atoms with E-state index in [1.54, 1.807) is 4.90 Å². The zero-order valence-electron chi connectivity index (χ0n) is 20.5. The molecule has 35 heavy (non-hydrogen) atoms. The fourth-order valence-corrected chi connectivity index (χ4v) is 6.02. The van der Waals surface area contributed by atoms with Crippen molar-refractivity contribution in [3.63, 3.8) is 0 Å². The molecule has 0 N–H and O–H groups in total. The number of ether oxygens (including phenoxy) is 1. The first-order valence-corrected chi connectivity index (χ1v) is 13.6. The highest BCUT2D eigenvalue weighted by atomic mass is 35.5.